The van der Waals surface area contributed by atoms with Crippen molar-refractivity contribution >= 4 is 11.8 Å². The van der Waals surface area contributed by atoms with E-state index in [1.807, 2.05) is 5.32 Å². The van der Waals surface area contributed by atoms with Gasteiger partial charge in [0.25, 0.3) is 0 Å². The van der Waals surface area contributed by atoms with Gasteiger partial charge in [0, 0.05) is 12.5 Å². The maximum absolute atomic E-state index is 12.0. The summed E-state index contributed by atoms with van der Waals surface area (Å²) < 4.78 is 36.0. The molecule has 1 aliphatic rings. The van der Waals surface area contributed by atoms with E-state index in [2.05, 4.69) is 12.2 Å². The van der Waals surface area contributed by atoms with Gasteiger partial charge in [-0.05, 0) is 32.4 Å². The Morgan fingerprint density at radius 1 is 1.13 bits per heavy atom. The second kappa shape index (κ2) is 9.75. The van der Waals surface area contributed by atoms with Crippen LogP contribution in [-0.2, 0) is 9.59 Å². The number of hydrogen-bond acceptors (Lipinski definition) is 3. The molecule has 8 heteroatoms. The van der Waals surface area contributed by atoms with Crippen molar-refractivity contribution in [2.24, 2.45) is 5.92 Å². The van der Waals surface area contributed by atoms with E-state index < -0.39 is 18.6 Å². The molecule has 0 aromatic heterocycles. The molecular formula is C15H26F3N3O2. The number of likely N-dealkylation sites (tertiary alicyclic amines) is 1. The largest absolute Gasteiger partial charge is 0.405 e. The predicted molar refractivity (Wildman–Crippen MR) is 80.8 cm³/mol. The highest BCUT2D eigenvalue weighted by atomic mass is 19.4. The fourth-order valence-corrected chi connectivity index (χ4v) is 2.54. The first kappa shape index (κ1) is 19.7. The van der Waals surface area contributed by atoms with Gasteiger partial charge < -0.3 is 10.6 Å². The van der Waals surface area contributed by atoms with Crippen molar-refractivity contribution in [2.45, 2.75) is 45.2 Å². The van der Waals surface area contributed by atoms with Crippen molar-refractivity contribution < 1.29 is 22.8 Å². The number of amides is 2. The molecule has 2 N–H and O–H groups in total. The molecule has 1 saturated heterocycles. The van der Waals surface area contributed by atoms with Crippen LogP contribution in [-0.4, -0.2) is 55.6 Å². The SMILES string of the molecule is CCCCCNC(=O)C1CCN(CC(=O)NCC(F)(F)F)CC1. The molecule has 0 aromatic rings. The first-order valence-electron chi connectivity index (χ1n) is 8.15. The topological polar surface area (TPSA) is 61.4 Å². The first-order valence-corrected chi connectivity index (χ1v) is 8.15. The minimum Gasteiger partial charge on any atom is -0.356 e. The van der Waals surface area contributed by atoms with Crippen LogP contribution in [0.15, 0.2) is 0 Å². The maximum atomic E-state index is 12.0. The average Bonchev–Trinajstić information content (AvgIpc) is 2.49. The van der Waals surface area contributed by atoms with Crippen LogP contribution in [0.3, 0.4) is 0 Å². The number of hydrogen-bond donors (Lipinski definition) is 2. The van der Waals surface area contributed by atoms with Gasteiger partial charge in [-0.15, -0.1) is 0 Å². The zero-order valence-electron chi connectivity index (χ0n) is 13.5. The molecule has 0 bridgehead atoms. The molecule has 134 valence electrons. The van der Waals surface area contributed by atoms with Crippen LogP contribution < -0.4 is 10.6 Å². The Balaban J connectivity index is 2.19. The third-order valence-corrected chi connectivity index (χ3v) is 3.89. The van der Waals surface area contributed by atoms with Crippen LogP contribution in [0.4, 0.5) is 13.2 Å². The van der Waals surface area contributed by atoms with E-state index in [-0.39, 0.29) is 18.4 Å². The van der Waals surface area contributed by atoms with Crippen LogP contribution in [0.25, 0.3) is 0 Å². The number of rotatable bonds is 8. The van der Waals surface area contributed by atoms with Gasteiger partial charge in [0.05, 0.1) is 6.54 Å². The zero-order valence-corrected chi connectivity index (χ0v) is 13.5. The molecule has 0 unspecified atom stereocenters. The summed E-state index contributed by atoms with van der Waals surface area (Å²) in [6, 6.07) is 0. The van der Waals surface area contributed by atoms with Gasteiger partial charge in [0.15, 0.2) is 0 Å². The van der Waals surface area contributed by atoms with Crippen LogP contribution in [0.1, 0.15) is 39.0 Å². The molecule has 0 spiro atoms. The third kappa shape index (κ3) is 8.78. The number of nitrogens with one attached hydrogen (secondary N) is 2. The third-order valence-electron chi connectivity index (χ3n) is 3.89. The molecule has 0 saturated carbocycles. The molecule has 23 heavy (non-hydrogen) atoms. The molecule has 2 amide bonds. The molecule has 1 aliphatic heterocycles. The normalized spacial score (nSPS) is 17.0. The summed E-state index contributed by atoms with van der Waals surface area (Å²) in [5.41, 5.74) is 0. The van der Waals surface area contributed by atoms with E-state index in [4.69, 9.17) is 0 Å². The standard InChI is InChI=1S/C15H26F3N3O2/c1-2-3-4-7-19-14(23)12-5-8-21(9-6-12)10-13(22)20-11-15(16,17)18/h12H,2-11H2,1H3,(H,19,23)(H,20,22). The Kier molecular flexibility index (Phi) is 8.36. The van der Waals surface area contributed by atoms with Gasteiger partial charge in [0.1, 0.15) is 6.54 Å². The van der Waals surface area contributed by atoms with Gasteiger partial charge in [-0.1, -0.05) is 19.8 Å². The first-order chi connectivity index (χ1) is 10.8. The number of carbonyl (C=O) groups is 2. The van der Waals surface area contributed by atoms with E-state index in [0.29, 0.717) is 32.5 Å². The molecule has 0 aliphatic carbocycles. The van der Waals surface area contributed by atoms with Gasteiger partial charge in [-0.25, -0.2) is 0 Å². The van der Waals surface area contributed by atoms with E-state index >= 15 is 0 Å². The fraction of sp³-hybridized carbons (Fsp3) is 0.867. The molecule has 0 atom stereocenters. The maximum Gasteiger partial charge on any atom is 0.405 e. The van der Waals surface area contributed by atoms with Crippen molar-refractivity contribution in [3.8, 4) is 0 Å². The Morgan fingerprint density at radius 3 is 2.35 bits per heavy atom. The molecule has 1 heterocycles. The minimum atomic E-state index is -4.39. The highest BCUT2D eigenvalue weighted by Crippen LogP contribution is 2.17. The van der Waals surface area contributed by atoms with Crippen molar-refractivity contribution in [2.75, 3.05) is 32.7 Å². The number of nitrogens with zero attached hydrogens (tertiary/aromatic N) is 1. The number of halogens is 3. The van der Waals surface area contributed by atoms with E-state index in [1.165, 1.54) is 0 Å². The van der Waals surface area contributed by atoms with Crippen LogP contribution in [0.2, 0.25) is 0 Å². The summed E-state index contributed by atoms with van der Waals surface area (Å²) in [6.07, 6.45) is 0.0354. The van der Waals surface area contributed by atoms with Crippen molar-refractivity contribution in [3.05, 3.63) is 0 Å². The molecule has 0 radical (unpaired) electrons. The van der Waals surface area contributed by atoms with Gasteiger partial charge in [0.2, 0.25) is 11.8 Å². The Hall–Kier alpha value is -1.31. The van der Waals surface area contributed by atoms with Crippen LogP contribution in [0.5, 0.6) is 0 Å². The van der Waals surface area contributed by atoms with Crippen molar-refractivity contribution in [1.29, 1.82) is 0 Å². The summed E-state index contributed by atoms with van der Waals surface area (Å²) >= 11 is 0. The zero-order chi connectivity index (χ0) is 17.3. The smallest absolute Gasteiger partial charge is 0.356 e. The van der Waals surface area contributed by atoms with Gasteiger partial charge in [-0.3, -0.25) is 14.5 Å². The summed E-state index contributed by atoms with van der Waals surface area (Å²) in [5.74, 6) is -0.654. The van der Waals surface area contributed by atoms with E-state index in [9.17, 15) is 22.8 Å². The Labute approximate surface area is 135 Å². The average molecular weight is 337 g/mol. The summed E-state index contributed by atoms with van der Waals surface area (Å²) in [4.78, 5) is 25.2. The van der Waals surface area contributed by atoms with Crippen molar-refractivity contribution in [3.63, 3.8) is 0 Å². The van der Waals surface area contributed by atoms with E-state index in [0.717, 1.165) is 19.3 Å². The second-order valence-electron chi connectivity index (χ2n) is 5.94. The number of carbonyl (C=O) groups excluding carboxylic acids is 2. The van der Waals surface area contributed by atoms with Crippen molar-refractivity contribution in [1.82, 2.24) is 15.5 Å². The lowest BCUT2D eigenvalue weighted by Gasteiger charge is -2.30. The van der Waals surface area contributed by atoms with Crippen LogP contribution in [0, 0.1) is 5.92 Å². The number of unbranched alkanes of at least 4 members (excludes halogenated alkanes) is 2. The highest BCUT2D eigenvalue weighted by molar-refractivity contribution is 5.79. The molecule has 0 aromatic carbocycles. The predicted octanol–water partition coefficient (Wildman–Crippen LogP) is 1.68. The molecular weight excluding hydrogens is 311 g/mol. The lowest BCUT2D eigenvalue weighted by atomic mass is 9.96. The quantitative estimate of drug-likeness (QED) is 0.663. The second-order valence-corrected chi connectivity index (χ2v) is 5.94. The Bertz CT molecular complexity index is 381. The number of alkyl halides is 3. The lowest BCUT2D eigenvalue weighted by Crippen LogP contribution is -2.45. The lowest BCUT2D eigenvalue weighted by molar-refractivity contribution is -0.139. The van der Waals surface area contributed by atoms with Gasteiger partial charge in [-0.2, -0.15) is 13.2 Å². The Morgan fingerprint density at radius 2 is 1.78 bits per heavy atom. The van der Waals surface area contributed by atoms with Gasteiger partial charge >= 0.3 is 6.18 Å². The molecule has 1 rings (SSSR count). The fourth-order valence-electron chi connectivity index (χ4n) is 2.54. The molecule has 1 fully saturated rings. The summed E-state index contributed by atoms with van der Waals surface area (Å²) in [5, 5.41) is 4.78. The van der Waals surface area contributed by atoms with E-state index in [1.54, 1.807) is 4.90 Å². The van der Waals surface area contributed by atoms with Crippen LogP contribution >= 0.6 is 0 Å². The number of piperidine rings is 1. The molecule has 5 nitrogen and oxygen atoms in total. The minimum absolute atomic E-state index is 0.0438. The monoisotopic (exact) mass is 337 g/mol. The highest BCUT2D eigenvalue weighted by Gasteiger charge is 2.29. The summed E-state index contributed by atoms with van der Waals surface area (Å²) in [6.45, 7) is 2.53. The summed E-state index contributed by atoms with van der Waals surface area (Å²) in [7, 11) is 0.